The Hall–Kier alpha value is -1.83. The molecule has 2 aromatic rings. The first kappa shape index (κ1) is 15.6. The highest BCUT2D eigenvalue weighted by atomic mass is 19.1. The molecule has 0 saturated heterocycles. The number of methoxy groups -OCH3 is 1. The van der Waals surface area contributed by atoms with Crippen LogP contribution in [0, 0.1) is 5.82 Å². The monoisotopic (exact) mass is 286 g/mol. The minimum Gasteiger partial charge on any atom is -0.496 e. The summed E-state index contributed by atoms with van der Waals surface area (Å²) in [7, 11) is 1.71. The third-order valence-corrected chi connectivity index (χ3v) is 3.80. The third kappa shape index (κ3) is 3.26. The molecule has 0 bridgehead atoms. The van der Waals surface area contributed by atoms with E-state index in [-0.39, 0.29) is 5.82 Å². The second kappa shape index (κ2) is 6.30. The molecule has 0 aliphatic carbocycles. The van der Waals surface area contributed by atoms with Crippen LogP contribution in [-0.2, 0) is 0 Å². The van der Waals surface area contributed by atoms with E-state index in [2.05, 4.69) is 39.8 Å². The fourth-order valence-corrected chi connectivity index (χ4v) is 2.60. The summed E-state index contributed by atoms with van der Waals surface area (Å²) in [6, 6.07) is 11.0. The zero-order valence-corrected chi connectivity index (χ0v) is 13.4. The summed E-state index contributed by atoms with van der Waals surface area (Å²) in [5, 5.41) is 0. The molecule has 2 heteroatoms. The first-order chi connectivity index (χ1) is 9.93. The normalized spacial score (nSPS) is 11.2. The molecule has 0 N–H and O–H groups in total. The van der Waals surface area contributed by atoms with E-state index in [1.54, 1.807) is 7.11 Å². The Balaban J connectivity index is 2.67. The number of rotatable bonds is 4. The molecule has 0 unspecified atom stereocenters. The summed E-state index contributed by atoms with van der Waals surface area (Å²) in [4.78, 5) is 0. The summed E-state index contributed by atoms with van der Waals surface area (Å²) in [5.74, 6) is 1.47. The van der Waals surface area contributed by atoms with Crippen LogP contribution in [0.4, 0.5) is 4.39 Å². The van der Waals surface area contributed by atoms with Gasteiger partial charge in [-0.25, -0.2) is 4.39 Å². The van der Waals surface area contributed by atoms with Crippen LogP contribution in [0.15, 0.2) is 36.4 Å². The van der Waals surface area contributed by atoms with E-state index < -0.39 is 0 Å². The van der Waals surface area contributed by atoms with Crippen molar-refractivity contribution in [3.63, 3.8) is 0 Å². The summed E-state index contributed by atoms with van der Waals surface area (Å²) in [5.41, 5.74) is 4.61. The fraction of sp³-hybridized carbons (Fsp3) is 0.368. The van der Waals surface area contributed by atoms with Gasteiger partial charge in [0.15, 0.2) is 0 Å². The van der Waals surface area contributed by atoms with Crippen molar-refractivity contribution in [2.45, 2.75) is 39.5 Å². The Kier molecular flexibility index (Phi) is 4.66. The van der Waals surface area contributed by atoms with Gasteiger partial charge >= 0.3 is 0 Å². The van der Waals surface area contributed by atoms with E-state index in [0.29, 0.717) is 11.8 Å². The maximum Gasteiger partial charge on any atom is 0.123 e. The molecule has 0 radical (unpaired) electrons. The van der Waals surface area contributed by atoms with E-state index in [9.17, 15) is 4.39 Å². The van der Waals surface area contributed by atoms with Crippen LogP contribution in [-0.4, -0.2) is 7.11 Å². The Bertz CT molecular complexity index is 612. The largest absolute Gasteiger partial charge is 0.496 e. The van der Waals surface area contributed by atoms with Crippen molar-refractivity contribution < 1.29 is 9.13 Å². The molecular formula is C19H23FO. The van der Waals surface area contributed by atoms with Gasteiger partial charge in [-0.15, -0.1) is 0 Å². The van der Waals surface area contributed by atoms with Crippen molar-refractivity contribution in [1.29, 1.82) is 0 Å². The quantitative estimate of drug-likeness (QED) is 0.695. The van der Waals surface area contributed by atoms with Crippen molar-refractivity contribution in [3.8, 4) is 16.9 Å². The highest BCUT2D eigenvalue weighted by molar-refractivity contribution is 5.71. The highest BCUT2D eigenvalue weighted by Gasteiger charge is 2.16. The average molecular weight is 286 g/mol. The lowest BCUT2D eigenvalue weighted by atomic mass is 9.88. The van der Waals surface area contributed by atoms with Crippen LogP contribution in [0.1, 0.15) is 50.7 Å². The van der Waals surface area contributed by atoms with Gasteiger partial charge in [-0.3, -0.25) is 0 Å². The van der Waals surface area contributed by atoms with Crippen molar-refractivity contribution in [2.75, 3.05) is 7.11 Å². The zero-order valence-electron chi connectivity index (χ0n) is 13.4. The molecule has 0 aromatic heterocycles. The Morgan fingerprint density at radius 2 is 1.43 bits per heavy atom. The minimum atomic E-state index is -0.206. The first-order valence-corrected chi connectivity index (χ1v) is 7.41. The second-order valence-corrected chi connectivity index (χ2v) is 6.00. The molecule has 0 spiro atoms. The summed E-state index contributed by atoms with van der Waals surface area (Å²) in [6.45, 7) is 8.64. The van der Waals surface area contributed by atoms with Crippen molar-refractivity contribution in [2.24, 2.45) is 0 Å². The van der Waals surface area contributed by atoms with Crippen LogP contribution >= 0.6 is 0 Å². The third-order valence-electron chi connectivity index (χ3n) is 3.80. The molecule has 0 amide bonds. The average Bonchev–Trinajstić information content (AvgIpc) is 2.46. The lowest BCUT2D eigenvalue weighted by molar-refractivity contribution is 0.407. The van der Waals surface area contributed by atoms with Gasteiger partial charge in [-0.2, -0.15) is 0 Å². The molecule has 0 heterocycles. The molecule has 0 aliphatic heterocycles. The minimum absolute atomic E-state index is 0.206. The molecular weight excluding hydrogens is 263 g/mol. The lowest BCUT2D eigenvalue weighted by Gasteiger charge is -2.20. The molecule has 0 saturated carbocycles. The van der Waals surface area contributed by atoms with Crippen molar-refractivity contribution >= 4 is 0 Å². The maximum atomic E-state index is 13.2. The second-order valence-electron chi connectivity index (χ2n) is 6.00. The fourth-order valence-electron chi connectivity index (χ4n) is 2.60. The van der Waals surface area contributed by atoms with Crippen LogP contribution in [0.2, 0.25) is 0 Å². The van der Waals surface area contributed by atoms with Crippen LogP contribution in [0.5, 0.6) is 5.75 Å². The number of halogens is 1. The summed E-state index contributed by atoms with van der Waals surface area (Å²) >= 11 is 0. The van der Waals surface area contributed by atoms with Crippen LogP contribution in [0.25, 0.3) is 11.1 Å². The van der Waals surface area contributed by atoms with Crippen LogP contribution < -0.4 is 4.74 Å². The number of benzene rings is 2. The zero-order chi connectivity index (χ0) is 15.6. The van der Waals surface area contributed by atoms with E-state index in [1.165, 1.54) is 23.3 Å². The van der Waals surface area contributed by atoms with Crippen LogP contribution in [0.3, 0.4) is 0 Å². The first-order valence-electron chi connectivity index (χ1n) is 7.41. The van der Waals surface area contributed by atoms with E-state index in [1.807, 2.05) is 12.1 Å². The molecule has 0 fully saturated rings. The number of hydrogen-bond acceptors (Lipinski definition) is 1. The van der Waals surface area contributed by atoms with Gasteiger partial charge in [-0.05, 0) is 58.4 Å². The van der Waals surface area contributed by atoms with E-state index in [4.69, 9.17) is 4.74 Å². The van der Waals surface area contributed by atoms with Crippen molar-refractivity contribution in [1.82, 2.24) is 0 Å². The number of hydrogen-bond donors (Lipinski definition) is 0. The highest BCUT2D eigenvalue weighted by Crippen LogP contribution is 2.37. The maximum absolute atomic E-state index is 13.2. The Labute approximate surface area is 126 Å². The Morgan fingerprint density at radius 1 is 0.857 bits per heavy atom. The number of ether oxygens (including phenoxy) is 1. The standard InChI is InChI=1S/C19H23FO/c1-12(2)16-11-19(21-5)17(13(3)4)10-18(16)14-6-8-15(20)9-7-14/h6-13H,1-5H3. The van der Waals surface area contributed by atoms with Gasteiger partial charge in [0, 0.05) is 0 Å². The van der Waals surface area contributed by atoms with Crippen molar-refractivity contribution in [3.05, 3.63) is 53.3 Å². The van der Waals surface area contributed by atoms with Gasteiger partial charge in [0.25, 0.3) is 0 Å². The molecule has 21 heavy (non-hydrogen) atoms. The Morgan fingerprint density at radius 3 is 1.90 bits per heavy atom. The predicted molar refractivity (Wildman–Crippen MR) is 86.6 cm³/mol. The van der Waals surface area contributed by atoms with Gasteiger partial charge in [0.1, 0.15) is 11.6 Å². The summed E-state index contributed by atoms with van der Waals surface area (Å²) in [6.07, 6.45) is 0. The summed E-state index contributed by atoms with van der Waals surface area (Å²) < 4.78 is 18.7. The van der Waals surface area contributed by atoms with Gasteiger partial charge < -0.3 is 4.74 Å². The van der Waals surface area contributed by atoms with Gasteiger partial charge in [-0.1, -0.05) is 39.8 Å². The predicted octanol–water partition coefficient (Wildman–Crippen LogP) is 5.75. The topological polar surface area (TPSA) is 9.23 Å². The van der Waals surface area contributed by atoms with E-state index in [0.717, 1.165) is 16.9 Å². The van der Waals surface area contributed by atoms with Gasteiger partial charge in [0.05, 0.1) is 7.11 Å². The van der Waals surface area contributed by atoms with Gasteiger partial charge in [0.2, 0.25) is 0 Å². The molecule has 112 valence electrons. The smallest absolute Gasteiger partial charge is 0.123 e. The molecule has 0 aliphatic rings. The molecule has 1 nitrogen and oxygen atoms in total. The lowest BCUT2D eigenvalue weighted by Crippen LogP contribution is -2.00. The molecule has 2 rings (SSSR count). The van der Waals surface area contributed by atoms with E-state index >= 15 is 0 Å². The SMILES string of the molecule is COc1cc(C(C)C)c(-c2ccc(F)cc2)cc1C(C)C. The molecule has 0 atom stereocenters. The molecule has 2 aromatic carbocycles.